The van der Waals surface area contributed by atoms with Crippen molar-refractivity contribution in [1.82, 2.24) is 19.4 Å². The molecule has 138 valence electrons. The molecule has 7 nitrogen and oxygen atoms in total. The number of carbonyl (C=O) groups excluding carboxylic acids is 2. The second-order valence-electron chi connectivity index (χ2n) is 6.94. The maximum absolute atomic E-state index is 13.0. The van der Waals surface area contributed by atoms with Crippen molar-refractivity contribution in [1.29, 1.82) is 0 Å². The third-order valence-corrected chi connectivity index (χ3v) is 5.55. The molecular formula is C18H28N4O3. The lowest BCUT2D eigenvalue weighted by Crippen LogP contribution is -2.61. The molecule has 25 heavy (non-hydrogen) atoms. The van der Waals surface area contributed by atoms with Gasteiger partial charge in [0, 0.05) is 51.4 Å². The van der Waals surface area contributed by atoms with Gasteiger partial charge in [-0.05, 0) is 25.7 Å². The molecule has 7 heteroatoms. The van der Waals surface area contributed by atoms with Crippen LogP contribution in [-0.2, 0) is 22.6 Å². The van der Waals surface area contributed by atoms with Gasteiger partial charge in [0.1, 0.15) is 11.4 Å². The molecule has 3 heterocycles. The molecule has 1 aromatic rings. The third-order valence-electron chi connectivity index (χ3n) is 5.55. The topological polar surface area (TPSA) is 78.7 Å². The van der Waals surface area contributed by atoms with Gasteiger partial charge in [0.2, 0.25) is 11.8 Å². The van der Waals surface area contributed by atoms with Crippen LogP contribution in [0.3, 0.4) is 0 Å². The third kappa shape index (κ3) is 3.29. The fraction of sp³-hybridized carbons (Fsp3) is 0.722. The number of aliphatic hydroxyl groups excluding tert-OH is 1. The molecule has 0 bridgehead atoms. The van der Waals surface area contributed by atoms with E-state index in [9.17, 15) is 14.7 Å². The van der Waals surface area contributed by atoms with E-state index in [0.717, 1.165) is 37.9 Å². The highest BCUT2D eigenvalue weighted by molar-refractivity contribution is 5.92. The molecule has 3 rings (SSSR count). The summed E-state index contributed by atoms with van der Waals surface area (Å²) in [6.07, 6.45) is 8.13. The number of aliphatic hydroxyl groups is 1. The summed E-state index contributed by atoms with van der Waals surface area (Å²) in [5.41, 5.74) is -0.674. The summed E-state index contributed by atoms with van der Waals surface area (Å²) in [4.78, 5) is 33.7. The number of piperidine rings is 1. The Labute approximate surface area is 148 Å². The molecule has 0 radical (unpaired) electrons. The zero-order valence-corrected chi connectivity index (χ0v) is 15.0. The predicted molar refractivity (Wildman–Crippen MR) is 92.8 cm³/mol. The molecule has 1 aromatic heterocycles. The quantitative estimate of drug-likeness (QED) is 0.825. The zero-order chi connectivity index (χ0) is 17.9. The van der Waals surface area contributed by atoms with E-state index in [2.05, 4.69) is 4.98 Å². The average molecular weight is 348 g/mol. The van der Waals surface area contributed by atoms with Gasteiger partial charge in [0.25, 0.3) is 0 Å². The van der Waals surface area contributed by atoms with E-state index in [4.69, 9.17) is 0 Å². The predicted octanol–water partition coefficient (Wildman–Crippen LogP) is 0.811. The fourth-order valence-corrected chi connectivity index (χ4v) is 4.33. The highest BCUT2D eigenvalue weighted by Gasteiger charge is 2.52. The summed E-state index contributed by atoms with van der Waals surface area (Å²) in [5.74, 6) is 1.05. The highest BCUT2D eigenvalue weighted by atomic mass is 16.3. The molecule has 2 fully saturated rings. The number of nitrogens with zero attached hydrogens (tertiary/aromatic N) is 4. The van der Waals surface area contributed by atoms with Crippen LogP contribution in [0.15, 0.2) is 12.4 Å². The number of likely N-dealkylation sites (tertiary alicyclic amines) is 2. The molecule has 0 aromatic carbocycles. The number of hydrogen-bond donors (Lipinski definition) is 1. The molecule has 2 amide bonds. The summed E-state index contributed by atoms with van der Waals surface area (Å²) < 4.78 is 2.02. The number of aromatic nitrogens is 2. The first-order chi connectivity index (χ1) is 12.1. The maximum atomic E-state index is 13.0. The van der Waals surface area contributed by atoms with Gasteiger partial charge in [-0.25, -0.2) is 4.98 Å². The standard InChI is InChI=1S/C18H28N4O3/c1-2-15-19-8-12-20(15)11-5-16(24)22-10-4-7-18(22)6-3-9-21(13-14-23)17(18)25/h8,12,23H,2-7,9-11,13-14H2,1H3. The molecule has 1 spiro atoms. The van der Waals surface area contributed by atoms with Gasteiger partial charge in [-0.2, -0.15) is 0 Å². The van der Waals surface area contributed by atoms with E-state index in [0.29, 0.717) is 32.6 Å². The lowest BCUT2D eigenvalue weighted by Gasteiger charge is -2.44. The van der Waals surface area contributed by atoms with Crippen molar-refractivity contribution in [2.75, 3.05) is 26.2 Å². The lowest BCUT2D eigenvalue weighted by molar-refractivity contribution is -0.155. The Kier molecular flexibility index (Phi) is 5.42. The van der Waals surface area contributed by atoms with Crippen molar-refractivity contribution in [2.24, 2.45) is 0 Å². The number of aryl methyl sites for hydroxylation is 2. The van der Waals surface area contributed by atoms with Crippen LogP contribution in [0.4, 0.5) is 0 Å². The van der Waals surface area contributed by atoms with Crippen molar-refractivity contribution in [3.05, 3.63) is 18.2 Å². The van der Waals surface area contributed by atoms with Crippen molar-refractivity contribution in [2.45, 2.75) is 57.5 Å². The van der Waals surface area contributed by atoms with E-state index in [1.807, 2.05) is 22.6 Å². The van der Waals surface area contributed by atoms with Crippen LogP contribution < -0.4 is 0 Å². The highest BCUT2D eigenvalue weighted by Crippen LogP contribution is 2.38. The molecule has 1 N–H and O–H groups in total. The number of imidazole rings is 1. The Hall–Kier alpha value is -1.89. The minimum Gasteiger partial charge on any atom is -0.395 e. The Morgan fingerprint density at radius 2 is 2.04 bits per heavy atom. The van der Waals surface area contributed by atoms with Gasteiger partial charge >= 0.3 is 0 Å². The molecule has 2 saturated heterocycles. The van der Waals surface area contributed by atoms with Crippen LogP contribution in [0.2, 0.25) is 0 Å². The van der Waals surface area contributed by atoms with E-state index in [-0.39, 0.29) is 18.4 Å². The molecule has 2 aliphatic rings. The molecule has 2 aliphatic heterocycles. The van der Waals surface area contributed by atoms with Crippen LogP contribution in [0.25, 0.3) is 0 Å². The van der Waals surface area contributed by atoms with E-state index in [1.165, 1.54) is 0 Å². The second kappa shape index (κ2) is 7.56. The SMILES string of the molecule is CCc1nccn1CCC(=O)N1CCCC12CCCN(CCO)C2=O. The maximum Gasteiger partial charge on any atom is 0.248 e. The molecule has 1 atom stereocenters. The minimum absolute atomic E-state index is 0.0236. The van der Waals surface area contributed by atoms with Crippen LogP contribution in [0, 0.1) is 0 Å². The summed E-state index contributed by atoms with van der Waals surface area (Å²) >= 11 is 0. The molecular weight excluding hydrogens is 320 g/mol. The van der Waals surface area contributed by atoms with E-state index >= 15 is 0 Å². The Morgan fingerprint density at radius 3 is 2.76 bits per heavy atom. The second-order valence-corrected chi connectivity index (χ2v) is 6.94. The van der Waals surface area contributed by atoms with Crippen molar-refractivity contribution in [3.63, 3.8) is 0 Å². The number of rotatable bonds is 6. The lowest BCUT2D eigenvalue weighted by atomic mass is 9.85. The smallest absolute Gasteiger partial charge is 0.248 e. The molecule has 1 unspecified atom stereocenters. The Bertz CT molecular complexity index is 628. The van der Waals surface area contributed by atoms with Crippen molar-refractivity contribution in [3.8, 4) is 0 Å². The van der Waals surface area contributed by atoms with Crippen LogP contribution in [-0.4, -0.2) is 68.1 Å². The normalized spacial score (nSPS) is 23.7. The summed E-state index contributed by atoms with van der Waals surface area (Å²) in [5, 5.41) is 9.20. The number of carbonyl (C=O) groups is 2. The van der Waals surface area contributed by atoms with Gasteiger partial charge in [0.15, 0.2) is 0 Å². The first-order valence-electron chi connectivity index (χ1n) is 9.33. The van der Waals surface area contributed by atoms with E-state index < -0.39 is 5.54 Å². The number of β-amino-alcohol motifs (C(OH)–C–C–N with tert-alkyl or cyclic N) is 1. The molecule has 0 aliphatic carbocycles. The largest absolute Gasteiger partial charge is 0.395 e. The van der Waals surface area contributed by atoms with Crippen LogP contribution in [0.5, 0.6) is 0 Å². The van der Waals surface area contributed by atoms with Gasteiger partial charge < -0.3 is 19.5 Å². The summed E-state index contributed by atoms with van der Waals surface area (Å²) in [7, 11) is 0. The first-order valence-corrected chi connectivity index (χ1v) is 9.33. The number of amides is 2. The zero-order valence-electron chi connectivity index (χ0n) is 15.0. The van der Waals surface area contributed by atoms with Crippen LogP contribution >= 0.6 is 0 Å². The van der Waals surface area contributed by atoms with E-state index in [1.54, 1.807) is 11.1 Å². The van der Waals surface area contributed by atoms with Gasteiger partial charge in [-0.15, -0.1) is 0 Å². The van der Waals surface area contributed by atoms with Gasteiger partial charge in [-0.3, -0.25) is 9.59 Å². The van der Waals surface area contributed by atoms with Crippen molar-refractivity contribution < 1.29 is 14.7 Å². The van der Waals surface area contributed by atoms with Gasteiger partial charge in [-0.1, -0.05) is 6.92 Å². The molecule has 0 saturated carbocycles. The minimum atomic E-state index is -0.674. The van der Waals surface area contributed by atoms with Crippen molar-refractivity contribution >= 4 is 11.8 Å². The Morgan fingerprint density at radius 1 is 1.28 bits per heavy atom. The first kappa shape index (κ1) is 17.9. The van der Waals surface area contributed by atoms with Crippen LogP contribution in [0.1, 0.15) is 44.9 Å². The number of hydrogen-bond acceptors (Lipinski definition) is 4. The summed E-state index contributed by atoms with van der Waals surface area (Å²) in [6, 6.07) is 0. The fourth-order valence-electron chi connectivity index (χ4n) is 4.33. The summed E-state index contributed by atoms with van der Waals surface area (Å²) in [6.45, 7) is 4.31. The average Bonchev–Trinajstić information content (AvgIpc) is 3.24. The van der Waals surface area contributed by atoms with Gasteiger partial charge in [0.05, 0.1) is 6.61 Å². The Balaban J connectivity index is 1.70. The monoisotopic (exact) mass is 348 g/mol.